The van der Waals surface area contributed by atoms with E-state index in [1.165, 1.54) is 4.90 Å². The topological polar surface area (TPSA) is 37.4 Å². The third kappa shape index (κ3) is 2.59. The van der Waals surface area contributed by atoms with Crippen molar-refractivity contribution in [2.24, 2.45) is 0 Å². The summed E-state index contributed by atoms with van der Waals surface area (Å²) in [6.07, 6.45) is 1.66. The smallest absolute Gasteiger partial charge is 0.234 e. The molecule has 18 heavy (non-hydrogen) atoms. The second-order valence-corrected chi connectivity index (χ2v) is 6.67. The molecule has 3 nitrogen and oxygen atoms in total. The van der Waals surface area contributed by atoms with Crippen LogP contribution >= 0.6 is 11.6 Å². The summed E-state index contributed by atoms with van der Waals surface area (Å²) in [6.45, 7) is 0. The molecule has 1 aromatic rings. The Labute approximate surface area is 115 Å². The molecule has 0 bridgehead atoms. The van der Waals surface area contributed by atoms with Gasteiger partial charge in [-0.3, -0.25) is 9.00 Å². The van der Waals surface area contributed by atoms with Crippen molar-refractivity contribution < 1.29 is 9.00 Å². The lowest BCUT2D eigenvalue weighted by atomic mass is 10.1. The van der Waals surface area contributed by atoms with E-state index in [9.17, 15) is 9.00 Å². The van der Waals surface area contributed by atoms with Gasteiger partial charge in [-0.15, -0.1) is 0 Å². The molecular formula is C13H16ClNO2S. The Bertz CT molecular complexity index is 502. The monoisotopic (exact) mass is 285 g/mol. The predicted molar refractivity (Wildman–Crippen MR) is 74.2 cm³/mol. The van der Waals surface area contributed by atoms with Gasteiger partial charge in [-0.2, -0.15) is 0 Å². The van der Waals surface area contributed by atoms with E-state index in [1.807, 2.05) is 18.2 Å². The van der Waals surface area contributed by atoms with Crippen LogP contribution in [0.5, 0.6) is 0 Å². The van der Waals surface area contributed by atoms with Crippen LogP contribution in [-0.2, 0) is 22.0 Å². The number of carbonyl (C=O) groups excluding carboxylic acids is 1. The Hall–Kier alpha value is -0.870. The Morgan fingerprint density at radius 2 is 2.22 bits per heavy atom. The highest BCUT2D eigenvalue weighted by molar-refractivity contribution is 7.86. The lowest BCUT2D eigenvalue weighted by Gasteiger charge is -2.14. The SMILES string of the molecule is CN(C)C(=O)CS(=O)C1CCc2c(Cl)cccc21. The van der Waals surface area contributed by atoms with Gasteiger partial charge in [0.05, 0.1) is 5.25 Å². The van der Waals surface area contributed by atoms with E-state index in [2.05, 4.69) is 0 Å². The molecule has 5 heteroatoms. The summed E-state index contributed by atoms with van der Waals surface area (Å²) >= 11 is 6.12. The largest absolute Gasteiger partial charge is 0.348 e. The summed E-state index contributed by atoms with van der Waals surface area (Å²) in [5.41, 5.74) is 2.14. The second-order valence-electron chi connectivity index (χ2n) is 4.65. The van der Waals surface area contributed by atoms with Crippen molar-refractivity contribution in [2.45, 2.75) is 18.1 Å². The quantitative estimate of drug-likeness (QED) is 0.853. The number of benzene rings is 1. The highest BCUT2D eigenvalue weighted by Gasteiger charge is 2.29. The molecule has 0 saturated carbocycles. The molecule has 0 saturated heterocycles. The van der Waals surface area contributed by atoms with Gasteiger partial charge in [0, 0.05) is 29.9 Å². The normalized spacial score (nSPS) is 19.4. The average Bonchev–Trinajstić information content (AvgIpc) is 2.74. The molecular weight excluding hydrogens is 270 g/mol. The molecule has 0 fully saturated rings. The number of rotatable bonds is 3. The van der Waals surface area contributed by atoms with Crippen molar-refractivity contribution in [3.63, 3.8) is 0 Å². The number of hydrogen-bond acceptors (Lipinski definition) is 2. The van der Waals surface area contributed by atoms with Gasteiger partial charge >= 0.3 is 0 Å². The summed E-state index contributed by atoms with van der Waals surface area (Å²) in [5.74, 6) is -0.00677. The summed E-state index contributed by atoms with van der Waals surface area (Å²) < 4.78 is 12.3. The van der Waals surface area contributed by atoms with E-state index < -0.39 is 10.8 Å². The molecule has 1 aromatic carbocycles. The Balaban J connectivity index is 2.16. The zero-order valence-electron chi connectivity index (χ0n) is 10.5. The Kier molecular flexibility index (Phi) is 4.07. The van der Waals surface area contributed by atoms with Crippen molar-refractivity contribution in [3.8, 4) is 0 Å². The van der Waals surface area contributed by atoms with Crippen LogP contribution in [0.15, 0.2) is 18.2 Å². The van der Waals surface area contributed by atoms with Crippen LogP contribution < -0.4 is 0 Å². The molecule has 2 rings (SSSR count). The molecule has 1 amide bonds. The zero-order valence-corrected chi connectivity index (χ0v) is 12.1. The second kappa shape index (κ2) is 5.41. The lowest BCUT2D eigenvalue weighted by molar-refractivity contribution is -0.125. The minimum Gasteiger partial charge on any atom is -0.348 e. The maximum atomic E-state index is 12.3. The van der Waals surface area contributed by atoms with Crippen LogP contribution in [0.2, 0.25) is 5.02 Å². The van der Waals surface area contributed by atoms with E-state index in [1.54, 1.807) is 14.1 Å². The van der Waals surface area contributed by atoms with E-state index in [0.717, 1.165) is 29.0 Å². The first kappa shape index (κ1) is 13.6. The first-order valence-electron chi connectivity index (χ1n) is 5.85. The maximum Gasteiger partial charge on any atom is 0.234 e. The predicted octanol–water partition coefficient (Wildman–Crippen LogP) is 2.16. The third-order valence-corrected chi connectivity index (χ3v) is 5.25. The zero-order chi connectivity index (χ0) is 13.3. The first-order valence-corrected chi connectivity index (χ1v) is 7.61. The molecule has 0 spiro atoms. The Morgan fingerprint density at radius 1 is 1.50 bits per heavy atom. The van der Waals surface area contributed by atoms with E-state index in [-0.39, 0.29) is 16.9 Å². The Morgan fingerprint density at radius 3 is 2.89 bits per heavy atom. The van der Waals surface area contributed by atoms with Crippen LogP contribution in [0.25, 0.3) is 0 Å². The van der Waals surface area contributed by atoms with Gasteiger partial charge in [-0.1, -0.05) is 23.7 Å². The minimum atomic E-state index is -1.17. The number of halogens is 1. The maximum absolute atomic E-state index is 12.3. The van der Waals surface area contributed by atoms with Crippen LogP contribution in [-0.4, -0.2) is 34.9 Å². The molecule has 2 atom stereocenters. The number of fused-ring (bicyclic) bond motifs is 1. The van der Waals surface area contributed by atoms with Gasteiger partial charge < -0.3 is 4.90 Å². The summed E-state index contributed by atoms with van der Waals surface area (Å²) in [4.78, 5) is 13.1. The van der Waals surface area contributed by atoms with Crippen LogP contribution in [0.4, 0.5) is 0 Å². The van der Waals surface area contributed by atoms with Crippen molar-refractivity contribution >= 4 is 28.3 Å². The molecule has 0 aromatic heterocycles. The third-order valence-electron chi connectivity index (χ3n) is 3.24. The van der Waals surface area contributed by atoms with Crippen molar-refractivity contribution in [2.75, 3.05) is 19.8 Å². The standard InChI is InChI=1S/C13H16ClNO2S/c1-15(2)13(16)8-18(17)12-7-6-9-10(12)4-3-5-11(9)14/h3-5,12H,6-8H2,1-2H3. The molecule has 2 unspecified atom stereocenters. The summed E-state index contributed by atoms with van der Waals surface area (Å²) in [5, 5.41) is 0.688. The minimum absolute atomic E-state index is 0.0531. The van der Waals surface area contributed by atoms with Crippen molar-refractivity contribution in [1.82, 2.24) is 4.90 Å². The molecule has 98 valence electrons. The van der Waals surface area contributed by atoms with Crippen LogP contribution in [0.3, 0.4) is 0 Å². The fraction of sp³-hybridized carbons (Fsp3) is 0.462. The van der Waals surface area contributed by atoms with Crippen molar-refractivity contribution in [3.05, 3.63) is 34.3 Å². The van der Waals surface area contributed by atoms with Gasteiger partial charge in [0.25, 0.3) is 0 Å². The van der Waals surface area contributed by atoms with E-state index in [4.69, 9.17) is 11.6 Å². The van der Waals surface area contributed by atoms with E-state index in [0.29, 0.717) is 0 Å². The fourth-order valence-corrected chi connectivity index (χ4v) is 4.06. The van der Waals surface area contributed by atoms with Gasteiger partial charge in [0.1, 0.15) is 5.75 Å². The first-order chi connectivity index (χ1) is 8.50. The average molecular weight is 286 g/mol. The highest BCUT2D eigenvalue weighted by Crippen LogP contribution is 2.38. The van der Waals surface area contributed by atoms with Gasteiger partial charge in [0.2, 0.25) is 5.91 Å². The highest BCUT2D eigenvalue weighted by atomic mass is 35.5. The fourth-order valence-electron chi connectivity index (χ4n) is 2.20. The van der Waals surface area contributed by atoms with Crippen LogP contribution in [0.1, 0.15) is 22.8 Å². The number of carbonyl (C=O) groups is 1. The summed E-state index contributed by atoms with van der Waals surface area (Å²) in [7, 11) is 2.19. The van der Waals surface area contributed by atoms with Gasteiger partial charge in [-0.25, -0.2) is 0 Å². The molecule has 1 aliphatic rings. The number of hydrogen-bond donors (Lipinski definition) is 0. The molecule has 0 heterocycles. The van der Waals surface area contributed by atoms with Gasteiger partial charge in [0.15, 0.2) is 0 Å². The molecule has 0 radical (unpaired) electrons. The van der Waals surface area contributed by atoms with E-state index >= 15 is 0 Å². The molecule has 1 aliphatic carbocycles. The molecule has 0 aliphatic heterocycles. The van der Waals surface area contributed by atoms with Crippen molar-refractivity contribution in [1.29, 1.82) is 0 Å². The number of nitrogens with zero attached hydrogens (tertiary/aromatic N) is 1. The molecule has 0 N–H and O–H groups in total. The summed E-state index contributed by atoms with van der Waals surface area (Å²) in [6, 6.07) is 5.71. The van der Waals surface area contributed by atoms with Gasteiger partial charge in [-0.05, 0) is 30.0 Å². The lowest BCUT2D eigenvalue weighted by Crippen LogP contribution is -2.28. The number of amides is 1. The van der Waals surface area contributed by atoms with Crippen LogP contribution in [0, 0.1) is 0 Å².